The molecule has 6 bridgehead atoms. The maximum atomic E-state index is 10.7. The molecule has 8 nitrogen and oxygen atoms in total. The van der Waals surface area contributed by atoms with Crippen LogP contribution in [0, 0.1) is 0 Å². The molecule has 0 atom stereocenters. The molecule has 0 aliphatic carbocycles. The predicted molar refractivity (Wildman–Crippen MR) is 183 cm³/mol. The zero-order chi connectivity index (χ0) is 33.1. The number of phenols is 6. The molecule has 2 heterocycles. The minimum Gasteiger partial charge on any atom is -0.508 e. The van der Waals surface area contributed by atoms with Gasteiger partial charge in [0.25, 0.3) is 0 Å². The number of rotatable bonds is 0. The number of hydrogen-bond donors (Lipinski definition) is 6. The topological polar surface area (TPSA) is 140 Å². The fourth-order valence-corrected chi connectivity index (χ4v) is 6.19. The second-order valence-electron chi connectivity index (χ2n) is 10.7. The van der Waals surface area contributed by atoms with Crippen molar-refractivity contribution < 1.29 is 40.1 Å². The molecule has 46 heavy (non-hydrogen) atoms. The molecule has 0 aromatic heterocycles. The van der Waals surface area contributed by atoms with Gasteiger partial charge in [0, 0.05) is 33.7 Å². The molecule has 4 aromatic carbocycles. The van der Waals surface area contributed by atoms with Gasteiger partial charge in [-0.3, -0.25) is 0 Å². The summed E-state index contributed by atoms with van der Waals surface area (Å²) in [7, 11) is 0. The predicted octanol–water partition coefficient (Wildman–Crippen LogP) is 9.94. The number of aryl methyl sites for hydroxylation is 2. The lowest BCUT2D eigenvalue weighted by molar-refractivity contribution is 0.373. The molecule has 12 heteroatoms. The standard InChI is InChI=1S/C34H28Br2Cl2O8/c35-24-15-26(40)18-2-1-3-21(37)6-4-17-8-28(42)34(29(43)9-17)46-32-13-19(27(41)16-25(32)36)5-7-22(38)10-20-11-23(39)14-30(44)33(20)45-31(24)12-18/h3,7-9,11-16,39-44H,1-2,4-6,10H2. The van der Waals surface area contributed by atoms with Crippen LogP contribution in [0.5, 0.6) is 57.5 Å². The summed E-state index contributed by atoms with van der Waals surface area (Å²) in [5.74, 6) is -0.630. The van der Waals surface area contributed by atoms with Gasteiger partial charge in [-0.05, 0) is 118 Å². The highest BCUT2D eigenvalue weighted by molar-refractivity contribution is 9.11. The lowest BCUT2D eigenvalue weighted by Gasteiger charge is -2.16. The lowest BCUT2D eigenvalue weighted by Crippen LogP contribution is -1.97. The molecule has 0 unspecified atom stereocenters. The summed E-state index contributed by atoms with van der Waals surface area (Å²) in [6.07, 6.45) is 5.48. The summed E-state index contributed by atoms with van der Waals surface area (Å²) >= 11 is 19.9. The highest BCUT2D eigenvalue weighted by atomic mass is 79.9. The lowest BCUT2D eigenvalue weighted by atomic mass is 10.1. The van der Waals surface area contributed by atoms with E-state index in [1.54, 1.807) is 18.2 Å². The summed E-state index contributed by atoms with van der Waals surface area (Å²) in [5, 5.41) is 64.5. The first kappa shape index (κ1) is 33.7. The second kappa shape index (κ2) is 14.4. The van der Waals surface area contributed by atoms with Crippen LogP contribution in [0.2, 0.25) is 0 Å². The minimum absolute atomic E-state index is 0.0407. The molecule has 240 valence electrons. The average molecular weight is 795 g/mol. The van der Waals surface area contributed by atoms with Gasteiger partial charge in [-0.1, -0.05) is 35.4 Å². The summed E-state index contributed by atoms with van der Waals surface area (Å²) in [5.41, 5.74) is 2.02. The molecular weight excluding hydrogens is 767 g/mol. The summed E-state index contributed by atoms with van der Waals surface area (Å²) in [6.45, 7) is 0. The van der Waals surface area contributed by atoms with Crippen LogP contribution in [0.15, 0.2) is 79.7 Å². The Morgan fingerprint density at radius 2 is 1.13 bits per heavy atom. The Morgan fingerprint density at radius 1 is 0.543 bits per heavy atom. The zero-order valence-corrected chi connectivity index (χ0v) is 28.7. The first-order valence-corrected chi connectivity index (χ1v) is 16.4. The van der Waals surface area contributed by atoms with Crippen molar-refractivity contribution in [3.63, 3.8) is 0 Å². The van der Waals surface area contributed by atoms with Crippen LogP contribution in [-0.4, -0.2) is 30.6 Å². The van der Waals surface area contributed by atoms with E-state index in [-0.39, 0.29) is 64.6 Å². The third-order valence-corrected chi connectivity index (χ3v) is 9.14. The van der Waals surface area contributed by atoms with E-state index in [1.807, 2.05) is 6.08 Å². The van der Waals surface area contributed by atoms with Gasteiger partial charge in [0.15, 0.2) is 23.0 Å². The van der Waals surface area contributed by atoms with Crippen molar-refractivity contribution in [1.29, 1.82) is 0 Å². The Hall–Kier alpha value is -3.70. The monoisotopic (exact) mass is 792 g/mol. The summed E-state index contributed by atoms with van der Waals surface area (Å²) in [6, 6.07) is 11.7. The van der Waals surface area contributed by atoms with Crippen LogP contribution >= 0.6 is 55.1 Å². The van der Waals surface area contributed by atoms with E-state index in [2.05, 4.69) is 31.9 Å². The van der Waals surface area contributed by atoms with Gasteiger partial charge in [-0.2, -0.15) is 0 Å². The van der Waals surface area contributed by atoms with Crippen LogP contribution in [0.1, 0.15) is 35.1 Å². The van der Waals surface area contributed by atoms with Crippen LogP contribution in [0.3, 0.4) is 0 Å². The van der Waals surface area contributed by atoms with Crippen LogP contribution < -0.4 is 9.47 Å². The molecule has 0 radical (unpaired) electrons. The van der Waals surface area contributed by atoms with Crippen molar-refractivity contribution in [3.8, 4) is 57.5 Å². The largest absolute Gasteiger partial charge is 0.508 e. The van der Waals surface area contributed by atoms with Gasteiger partial charge in [0.1, 0.15) is 28.7 Å². The van der Waals surface area contributed by atoms with Gasteiger partial charge in [-0.15, -0.1) is 0 Å². The van der Waals surface area contributed by atoms with Gasteiger partial charge in [0.2, 0.25) is 5.75 Å². The molecule has 6 N–H and O–H groups in total. The SMILES string of the molecule is Oc1cc(O)c2c(c1)CC(Cl)=CCc1cc(c(Br)cc1O)Oc1c(O)cc(cc1O)CCC(Cl)=CCCc1cc(c(Br)cc1O)O2. The highest BCUT2D eigenvalue weighted by Crippen LogP contribution is 2.45. The Bertz CT molecular complexity index is 1850. The zero-order valence-electron chi connectivity index (χ0n) is 24.0. The molecule has 2 aliphatic heterocycles. The quantitative estimate of drug-likeness (QED) is 0.103. The van der Waals surface area contributed by atoms with Crippen molar-refractivity contribution in [2.75, 3.05) is 0 Å². The molecule has 4 aromatic rings. The fourth-order valence-electron chi connectivity index (χ4n) is 4.94. The first-order chi connectivity index (χ1) is 21.9. The average Bonchev–Trinajstić information content (AvgIpc) is 2.97. The Labute approximate surface area is 291 Å². The second-order valence-corrected chi connectivity index (χ2v) is 13.3. The van der Waals surface area contributed by atoms with Crippen molar-refractivity contribution in [3.05, 3.63) is 102 Å². The Balaban J connectivity index is 1.57. The summed E-state index contributed by atoms with van der Waals surface area (Å²) < 4.78 is 12.8. The number of halogens is 4. The minimum atomic E-state index is -0.316. The third kappa shape index (κ3) is 7.98. The normalized spacial score (nSPS) is 14.3. The molecular formula is C34H28Br2Cl2O8. The van der Waals surface area contributed by atoms with E-state index in [4.69, 9.17) is 32.7 Å². The molecule has 6 rings (SSSR count). The number of hydrogen-bond acceptors (Lipinski definition) is 8. The molecule has 0 amide bonds. The molecule has 2 aliphatic rings. The Morgan fingerprint density at radius 3 is 1.80 bits per heavy atom. The van der Waals surface area contributed by atoms with Gasteiger partial charge in [0.05, 0.1) is 8.95 Å². The van der Waals surface area contributed by atoms with Crippen LogP contribution in [-0.2, 0) is 25.7 Å². The number of allylic oxidation sites excluding steroid dienone is 4. The molecule has 0 fully saturated rings. The Kier molecular flexibility index (Phi) is 10.5. The van der Waals surface area contributed by atoms with Crippen LogP contribution in [0.4, 0.5) is 0 Å². The fraction of sp³-hybridized carbons (Fsp3) is 0.176. The first-order valence-electron chi connectivity index (χ1n) is 14.0. The van der Waals surface area contributed by atoms with E-state index in [9.17, 15) is 30.6 Å². The molecule has 0 spiro atoms. The van der Waals surface area contributed by atoms with E-state index in [0.717, 1.165) is 6.07 Å². The van der Waals surface area contributed by atoms with Crippen molar-refractivity contribution in [2.45, 2.75) is 38.5 Å². The van der Waals surface area contributed by atoms with Crippen molar-refractivity contribution >= 4 is 55.1 Å². The highest BCUT2D eigenvalue weighted by Gasteiger charge is 2.19. The van der Waals surface area contributed by atoms with Gasteiger partial charge in [-0.25, -0.2) is 0 Å². The number of fused-ring (bicyclic) bond motifs is 8. The van der Waals surface area contributed by atoms with Gasteiger partial charge >= 0.3 is 0 Å². The maximum Gasteiger partial charge on any atom is 0.210 e. The van der Waals surface area contributed by atoms with E-state index < -0.39 is 0 Å². The van der Waals surface area contributed by atoms with Crippen LogP contribution in [0.25, 0.3) is 0 Å². The number of ether oxygens (including phenoxy) is 2. The molecule has 0 saturated carbocycles. The van der Waals surface area contributed by atoms with E-state index >= 15 is 0 Å². The number of benzene rings is 4. The van der Waals surface area contributed by atoms with E-state index in [1.165, 1.54) is 30.3 Å². The molecule has 0 saturated heterocycles. The van der Waals surface area contributed by atoms with Crippen molar-refractivity contribution in [1.82, 2.24) is 0 Å². The maximum absolute atomic E-state index is 10.7. The summed E-state index contributed by atoms with van der Waals surface area (Å²) in [4.78, 5) is 0. The number of phenolic OH excluding ortho intramolecular Hbond substituents is 6. The third-order valence-electron chi connectivity index (χ3n) is 7.27. The van der Waals surface area contributed by atoms with E-state index in [0.29, 0.717) is 72.7 Å². The number of aromatic hydroxyl groups is 6. The van der Waals surface area contributed by atoms with Gasteiger partial charge < -0.3 is 40.1 Å². The van der Waals surface area contributed by atoms with Crippen molar-refractivity contribution in [2.24, 2.45) is 0 Å². The smallest absolute Gasteiger partial charge is 0.210 e.